The summed E-state index contributed by atoms with van der Waals surface area (Å²) in [5.74, 6) is 0. The molecule has 1 unspecified atom stereocenters. The van der Waals surface area contributed by atoms with Crippen molar-refractivity contribution in [2.24, 2.45) is 5.41 Å². The van der Waals surface area contributed by atoms with Crippen LogP contribution in [0.5, 0.6) is 0 Å². The monoisotopic (exact) mass is 250 g/mol. The fourth-order valence-corrected chi connectivity index (χ4v) is 2.45. The maximum absolute atomic E-state index is 9.53. The van der Waals surface area contributed by atoms with E-state index in [4.69, 9.17) is 4.74 Å². The van der Waals surface area contributed by atoms with Crippen molar-refractivity contribution >= 4 is 0 Å². The van der Waals surface area contributed by atoms with Crippen LogP contribution in [-0.2, 0) is 11.2 Å². The highest BCUT2D eigenvalue weighted by molar-refractivity contribution is 5.03. The summed E-state index contributed by atoms with van der Waals surface area (Å²) >= 11 is 0. The van der Waals surface area contributed by atoms with Gasteiger partial charge < -0.3 is 14.7 Å². The molecule has 1 atom stereocenters. The summed E-state index contributed by atoms with van der Waals surface area (Å²) in [5.41, 5.74) is 1.06. The Morgan fingerprint density at radius 2 is 2.39 bits per heavy atom. The van der Waals surface area contributed by atoms with Gasteiger partial charge in [-0.3, -0.25) is 4.98 Å². The van der Waals surface area contributed by atoms with E-state index in [0.29, 0.717) is 6.61 Å². The fourth-order valence-electron chi connectivity index (χ4n) is 2.45. The normalized spacial score (nSPS) is 23.7. The van der Waals surface area contributed by atoms with Gasteiger partial charge >= 0.3 is 0 Å². The molecule has 0 aliphatic carbocycles. The molecular formula is C14H22N2O2. The molecule has 0 aromatic carbocycles. The molecule has 1 saturated heterocycles. The molecule has 0 saturated carbocycles. The summed E-state index contributed by atoms with van der Waals surface area (Å²) in [6.45, 7) is 3.50. The van der Waals surface area contributed by atoms with Crippen LogP contribution in [0.1, 0.15) is 12.1 Å². The minimum atomic E-state index is -0.0567. The molecule has 1 aliphatic heterocycles. The summed E-state index contributed by atoms with van der Waals surface area (Å²) in [4.78, 5) is 6.58. The van der Waals surface area contributed by atoms with E-state index >= 15 is 0 Å². The van der Waals surface area contributed by atoms with E-state index in [2.05, 4.69) is 16.9 Å². The van der Waals surface area contributed by atoms with Gasteiger partial charge in [-0.15, -0.1) is 0 Å². The number of hydrogen-bond donors (Lipinski definition) is 1. The van der Waals surface area contributed by atoms with Gasteiger partial charge in [-0.1, -0.05) is 6.07 Å². The summed E-state index contributed by atoms with van der Waals surface area (Å²) in [6.07, 6.45) is 3.73. The van der Waals surface area contributed by atoms with E-state index in [-0.39, 0.29) is 12.0 Å². The van der Waals surface area contributed by atoms with Crippen molar-refractivity contribution < 1.29 is 9.84 Å². The van der Waals surface area contributed by atoms with Crippen LogP contribution in [0.3, 0.4) is 0 Å². The van der Waals surface area contributed by atoms with E-state index in [1.807, 2.05) is 24.4 Å². The van der Waals surface area contributed by atoms with Crippen LogP contribution < -0.4 is 0 Å². The number of pyridine rings is 1. The quantitative estimate of drug-likeness (QED) is 0.816. The molecule has 4 nitrogen and oxygen atoms in total. The number of nitrogens with zero attached hydrogens (tertiary/aromatic N) is 2. The summed E-state index contributed by atoms with van der Waals surface area (Å²) in [5, 5.41) is 9.53. The molecule has 0 radical (unpaired) electrons. The lowest BCUT2D eigenvalue weighted by Crippen LogP contribution is -2.39. The third kappa shape index (κ3) is 3.51. The molecule has 1 fully saturated rings. The van der Waals surface area contributed by atoms with Gasteiger partial charge in [0.25, 0.3) is 0 Å². The summed E-state index contributed by atoms with van der Waals surface area (Å²) < 4.78 is 5.42. The SMILES string of the molecule is CN(CCc1ccccn1)CC1(CO)CCOC1. The van der Waals surface area contributed by atoms with Gasteiger partial charge in [0, 0.05) is 43.4 Å². The first kappa shape index (κ1) is 13.5. The van der Waals surface area contributed by atoms with E-state index in [1.165, 1.54) is 0 Å². The van der Waals surface area contributed by atoms with Crippen LogP contribution in [0.15, 0.2) is 24.4 Å². The van der Waals surface area contributed by atoms with Gasteiger partial charge in [0.15, 0.2) is 0 Å². The first-order chi connectivity index (χ1) is 8.74. The average molecular weight is 250 g/mol. The van der Waals surface area contributed by atoms with Crippen LogP contribution in [0.4, 0.5) is 0 Å². The third-order valence-corrected chi connectivity index (χ3v) is 3.60. The number of aliphatic hydroxyl groups is 1. The second-order valence-electron chi connectivity index (χ2n) is 5.27. The first-order valence-corrected chi connectivity index (χ1v) is 6.51. The molecule has 18 heavy (non-hydrogen) atoms. The highest BCUT2D eigenvalue weighted by atomic mass is 16.5. The van der Waals surface area contributed by atoms with Crippen molar-refractivity contribution in [3.05, 3.63) is 30.1 Å². The number of likely N-dealkylation sites (N-methyl/N-ethyl adjacent to an activating group) is 1. The summed E-state index contributed by atoms with van der Waals surface area (Å²) in [6, 6.07) is 6.00. The van der Waals surface area contributed by atoms with E-state index in [9.17, 15) is 5.11 Å². The van der Waals surface area contributed by atoms with Gasteiger partial charge in [0.05, 0.1) is 13.2 Å². The molecule has 2 heterocycles. The van der Waals surface area contributed by atoms with E-state index in [1.54, 1.807) is 0 Å². The van der Waals surface area contributed by atoms with Gasteiger partial charge in [0.2, 0.25) is 0 Å². The zero-order valence-corrected chi connectivity index (χ0v) is 11.0. The number of rotatable bonds is 6. The highest BCUT2D eigenvalue weighted by Gasteiger charge is 2.35. The Hall–Kier alpha value is -0.970. The molecule has 1 aromatic heterocycles. The molecule has 1 aromatic rings. The van der Waals surface area contributed by atoms with Crippen molar-refractivity contribution in [3.8, 4) is 0 Å². The molecule has 1 aliphatic rings. The highest BCUT2D eigenvalue weighted by Crippen LogP contribution is 2.28. The lowest BCUT2D eigenvalue weighted by atomic mass is 9.88. The molecule has 0 spiro atoms. The van der Waals surface area contributed by atoms with Crippen LogP contribution in [0, 0.1) is 5.41 Å². The maximum Gasteiger partial charge on any atom is 0.0557 e. The van der Waals surface area contributed by atoms with E-state index < -0.39 is 0 Å². The minimum absolute atomic E-state index is 0.0567. The van der Waals surface area contributed by atoms with Crippen molar-refractivity contribution in [3.63, 3.8) is 0 Å². The molecular weight excluding hydrogens is 228 g/mol. The summed E-state index contributed by atoms with van der Waals surface area (Å²) in [7, 11) is 2.10. The predicted octanol–water partition coefficient (Wildman–Crippen LogP) is 0.955. The largest absolute Gasteiger partial charge is 0.396 e. The number of ether oxygens (including phenoxy) is 1. The lowest BCUT2D eigenvalue weighted by Gasteiger charge is -2.30. The second kappa shape index (κ2) is 6.27. The molecule has 0 amide bonds. The number of aromatic nitrogens is 1. The average Bonchev–Trinajstić information content (AvgIpc) is 2.87. The third-order valence-electron chi connectivity index (χ3n) is 3.60. The van der Waals surface area contributed by atoms with Crippen LogP contribution in [0.25, 0.3) is 0 Å². The smallest absolute Gasteiger partial charge is 0.0557 e. The van der Waals surface area contributed by atoms with Crippen molar-refractivity contribution in [1.82, 2.24) is 9.88 Å². The van der Waals surface area contributed by atoms with Crippen LogP contribution >= 0.6 is 0 Å². The Bertz CT molecular complexity index is 350. The Labute approximate surface area is 109 Å². The van der Waals surface area contributed by atoms with Gasteiger partial charge in [0.1, 0.15) is 0 Å². The maximum atomic E-state index is 9.53. The van der Waals surface area contributed by atoms with Gasteiger partial charge in [-0.05, 0) is 25.6 Å². The van der Waals surface area contributed by atoms with Crippen molar-refractivity contribution in [1.29, 1.82) is 0 Å². The molecule has 4 heteroatoms. The molecule has 0 bridgehead atoms. The first-order valence-electron chi connectivity index (χ1n) is 6.51. The molecule has 2 rings (SSSR count). The minimum Gasteiger partial charge on any atom is -0.396 e. The topological polar surface area (TPSA) is 45.6 Å². The Morgan fingerprint density at radius 3 is 3.00 bits per heavy atom. The van der Waals surface area contributed by atoms with Crippen LogP contribution in [-0.4, -0.2) is 54.9 Å². The predicted molar refractivity (Wildman–Crippen MR) is 70.4 cm³/mol. The standard InChI is InChI=1S/C14H22N2O2/c1-16(8-5-13-4-2-3-7-15-13)10-14(11-17)6-9-18-12-14/h2-4,7,17H,5-6,8-12H2,1H3. The van der Waals surface area contributed by atoms with Crippen molar-refractivity contribution in [2.45, 2.75) is 12.8 Å². The van der Waals surface area contributed by atoms with Crippen molar-refractivity contribution in [2.75, 3.05) is 40.0 Å². The van der Waals surface area contributed by atoms with Gasteiger partial charge in [-0.25, -0.2) is 0 Å². The molecule has 100 valence electrons. The van der Waals surface area contributed by atoms with Gasteiger partial charge in [-0.2, -0.15) is 0 Å². The Kier molecular flexibility index (Phi) is 4.69. The Balaban J connectivity index is 1.79. The van der Waals surface area contributed by atoms with E-state index in [0.717, 1.165) is 38.2 Å². The molecule has 1 N–H and O–H groups in total. The Morgan fingerprint density at radius 1 is 1.50 bits per heavy atom. The lowest BCUT2D eigenvalue weighted by molar-refractivity contribution is 0.0647. The fraction of sp³-hybridized carbons (Fsp3) is 0.643. The second-order valence-corrected chi connectivity index (χ2v) is 5.27. The van der Waals surface area contributed by atoms with Crippen LogP contribution in [0.2, 0.25) is 0 Å². The number of hydrogen-bond acceptors (Lipinski definition) is 4. The zero-order valence-electron chi connectivity index (χ0n) is 11.0. The zero-order chi connectivity index (χ0) is 12.8. The number of aliphatic hydroxyl groups excluding tert-OH is 1.